The third-order valence-corrected chi connectivity index (χ3v) is 6.20. The molecule has 1 amide bonds. The van der Waals surface area contributed by atoms with Gasteiger partial charge in [-0.15, -0.1) is 0 Å². The number of nitrogens with zero attached hydrogens (tertiary/aromatic N) is 4. The highest BCUT2D eigenvalue weighted by atomic mass is 32.2. The Labute approximate surface area is 137 Å². The van der Waals surface area contributed by atoms with Crippen LogP contribution < -0.4 is 0 Å². The molecular weight excluding hydrogens is 316 g/mol. The van der Waals surface area contributed by atoms with E-state index < -0.39 is 10.0 Å². The zero-order valence-electron chi connectivity index (χ0n) is 13.9. The van der Waals surface area contributed by atoms with E-state index in [0.29, 0.717) is 32.0 Å². The summed E-state index contributed by atoms with van der Waals surface area (Å²) in [4.78, 5) is 14.2. The molecule has 2 aliphatic rings. The summed E-state index contributed by atoms with van der Waals surface area (Å²) in [6.45, 7) is 6.35. The van der Waals surface area contributed by atoms with Gasteiger partial charge in [0.05, 0.1) is 11.9 Å². The molecule has 2 aliphatic heterocycles. The topological polar surface area (TPSA) is 75.5 Å². The van der Waals surface area contributed by atoms with E-state index in [4.69, 9.17) is 0 Å². The summed E-state index contributed by atoms with van der Waals surface area (Å²) in [5.41, 5.74) is 2.00. The van der Waals surface area contributed by atoms with Crippen LogP contribution in [-0.2, 0) is 21.4 Å². The second-order valence-corrected chi connectivity index (χ2v) is 8.62. The first-order chi connectivity index (χ1) is 10.8. The molecule has 0 aromatic carbocycles. The van der Waals surface area contributed by atoms with Gasteiger partial charge in [0.2, 0.25) is 15.9 Å². The fraction of sp³-hybridized carbons (Fsp3) is 0.733. The summed E-state index contributed by atoms with van der Waals surface area (Å²) in [5.74, 6) is 0.487. The molecule has 0 saturated carbocycles. The Balaban J connectivity index is 1.57. The Bertz CT molecular complexity index is 712. The van der Waals surface area contributed by atoms with Crippen LogP contribution in [0.2, 0.25) is 0 Å². The van der Waals surface area contributed by atoms with Crippen LogP contribution in [0.5, 0.6) is 0 Å². The second kappa shape index (κ2) is 5.90. The number of amides is 1. The van der Waals surface area contributed by atoms with Gasteiger partial charge >= 0.3 is 0 Å². The van der Waals surface area contributed by atoms with Gasteiger partial charge in [-0.1, -0.05) is 0 Å². The average molecular weight is 340 g/mol. The molecule has 23 heavy (non-hydrogen) atoms. The molecule has 2 atom stereocenters. The molecule has 128 valence electrons. The van der Waals surface area contributed by atoms with E-state index in [0.717, 1.165) is 24.4 Å². The van der Waals surface area contributed by atoms with Crippen molar-refractivity contribution in [2.75, 3.05) is 25.9 Å². The molecule has 0 bridgehead atoms. The molecule has 2 fully saturated rings. The largest absolute Gasteiger partial charge is 0.341 e. The quantitative estimate of drug-likeness (QED) is 0.794. The number of piperidine rings is 1. The number of sulfonamides is 1. The van der Waals surface area contributed by atoms with Crippen LogP contribution in [0.1, 0.15) is 24.2 Å². The van der Waals surface area contributed by atoms with Crippen LogP contribution in [0, 0.1) is 19.8 Å². The first-order valence-electron chi connectivity index (χ1n) is 8.01. The molecule has 2 saturated heterocycles. The number of likely N-dealkylation sites (tertiary alicyclic amines) is 1. The minimum atomic E-state index is -3.16. The van der Waals surface area contributed by atoms with E-state index in [2.05, 4.69) is 5.10 Å². The van der Waals surface area contributed by atoms with Gasteiger partial charge in [0, 0.05) is 44.3 Å². The zero-order valence-corrected chi connectivity index (χ0v) is 14.7. The van der Waals surface area contributed by atoms with Crippen molar-refractivity contribution in [3.63, 3.8) is 0 Å². The van der Waals surface area contributed by atoms with Crippen molar-refractivity contribution in [1.29, 1.82) is 0 Å². The van der Waals surface area contributed by atoms with Crippen LogP contribution in [0.3, 0.4) is 0 Å². The third kappa shape index (κ3) is 3.28. The van der Waals surface area contributed by atoms with Crippen LogP contribution in [0.15, 0.2) is 6.07 Å². The predicted molar refractivity (Wildman–Crippen MR) is 86.3 cm³/mol. The SMILES string of the molecule is Cc1cc(C)n(CCC(=O)N2CC[C@@H]3CN(S(C)(=O)=O)[C@@H]3C2)n1. The smallest absolute Gasteiger partial charge is 0.224 e. The fourth-order valence-corrected chi connectivity index (χ4v) is 4.81. The van der Waals surface area contributed by atoms with Crippen molar-refractivity contribution < 1.29 is 13.2 Å². The molecule has 8 heteroatoms. The maximum atomic E-state index is 12.4. The molecule has 1 aromatic heterocycles. The van der Waals surface area contributed by atoms with Crippen molar-refractivity contribution in [3.05, 3.63) is 17.5 Å². The van der Waals surface area contributed by atoms with Crippen LogP contribution in [0.25, 0.3) is 0 Å². The Morgan fingerprint density at radius 1 is 1.35 bits per heavy atom. The normalized spacial score (nSPS) is 25.1. The Kier molecular flexibility index (Phi) is 4.22. The third-order valence-electron chi connectivity index (χ3n) is 4.93. The van der Waals surface area contributed by atoms with Crippen molar-refractivity contribution in [2.24, 2.45) is 5.92 Å². The predicted octanol–water partition coefficient (Wildman–Crippen LogP) is 0.382. The summed E-state index contributed by atoms with van der Waals surface area (Å²) in [7, 11) is -3.16. The molecule has 1 aromatic rings. The standard InChI is InChI=1S/C15H24N4O3S/c1-11-8-12(2)18(16-11)7-5-15(20)17-6-4-13-9-19(14(13)10-17)23(3,21)22/h8,13-14H,4-7,9-10H2,1-3H3/t13-,14-/m1/s1. The van der Waals surface area contributed by atoms with Crippen molar-refractivity contribution >= 4 is 15.9 Å². The highest BCUT2D eigenvalue weighted by Gasteiger charge is 2.47. The minimum absolute atomic E-state index is 0.0311. The lowest BCUT2D eigenvalue weighted by Gasteiger charge is -2.51. The highest BCUT2D eigenvalue weighted by molar-refractivity contribution is 7.88. The summed E-state index contributed by atoms with van der Waals surface area (Å²) in [6, 6.07) is 1.96. The molecule has 0 aliphatic carbocycles. The number of hydrogen-bond acceptors (Lipinski definition) is 4. The Hall–Kier alpha value is -1.41. The van der Waals surface area contributed by atoms with E-state index in [1.54, 1.807) is 0 Å². The Morgan fingerprint density at radius 3 is 2.70 bits per heavy atom. The van der Waals surface area contributed by atoms with Crippen molar-refractivity contribution in [2.45, 2.75) is 39.3 Å². The number of aromatic nitrogens is 2. The van der Waals surface area contributed by atoms with Gasteiger partial charge in [0.15, 0.2) is 0 Å². The van der Waals surface area contributed by atoms with E-state index in [1.807, 2.05) is 29.5 Å². The summed E-state index contributed by atoms with van der Waals surface area (Å²) >= 11 is 0. The number of carbonyl (C=O) groups is 1. The van der Waals surface area contributed by atoms with Crippen molar-refractivity contribution in [1.82, 2.24) is 19.0 Å². The number of rotatable bonds is 4. The molecule has 0 spiro atoms. The first kappa shape index (κ1) is 16.4. The average Bonchev–Trinajstić information content (AvgIpc) is 2.74. The lowest BCUT2D eigenvalue weighted by molar-refractivity contribution is -0.136. The summed E-state index contributed by atoms with van der Waals surface area (Å²) in [6.07, 6.45) is 2.54. The molecular formula is C15H24N4O3S. The maximum absolute atomic E-state index is 12.4. The lowest BCUT2D eigenvalue weighted by atomic mass is 9.85. The zero-order chi connectivity index (χ0) is 16.8. The second-order valence-electron chi connectivity index (χ2n) is 6.69. The van der Waals surface area contributed by atoms with E-state index in [-0.39, 0.29) is 11.9 Å². The van der Waals surface area contributed by atoms with Gasteiger partial charge in [-0.2, -0.15) is 9.40 Å². The van der Waals surface area contributed by atoms with E-state index in [1.165, 1.54) is 10.6 Å². The minimum Gasteiger partial charge on any atom is -0.341 e. The number of fused-ring (bicyclic) bond motifs is 1. The first-order valence-corrected chi connectivity index (χ1v) is 9.86. The van der Waals surface area contributed by atoms with Crippen LogP contribution in [0.4, 0.5) is 0 Å². The van der Waals surface area contributed by atoms with Gasteiger partial charge in [-0.3, -0.25) is 9.48 Å². The van der Waals surface area contributed by atoms with Gasteiger partial charge in [0.1, 0.15) is 0 Å². The fourth-order valence-electron chi connectivity index (χ4n) is 3.62. The molecule has 0 unspecified atom stereocenters. The lowest BCUT2D eigenvalue weighted by Crippen LogP contribution is -2.65. The van der Waals surface area contributed by atoms with E-state index in [9.17, 15) is 13.2 Å². The monoisotopic (exact) mass is 340 g/mol. The summed E-state index contributed by atoms with van der Waals surface area (Å²) < 4.78 is 26.8. The summed E-state index contributed by atoms with van der Waals surface area (Å²) in [5, 5.41) is 4.37. The highest BCUT2D eigenvalue weighted by Crippen LogP contribution is 2.34. The van der Waals surface area contributed by atoms with Crippen LogP contribution in [-0.4, -0.2) is 65.2 Å². The van der Waals surface area contributed by atoms with Gasteiger partial charge < -0.3 is 4.90 Å². The molecule has 3 heterocycles. The maximum Gasteiger partial charge on any atom is 0.224 e. The van der Waals surface area contributed by atoms with E-state index >= 15 is 0 Å². The number of carbonyl (C=O) groups excluding carboxylic acids is 1. The molecule has 7 nitrogen and oxygen atoms in total. The number of aryl methyl sites for hydroxylation is 3. The van der Waals surface area contributed by atoms with Crippen molar-refractivity contribution in [3.8, 4) is 0 Å². The Morgan fingerprint density at radius 2 is 2.09 bits per heavy atom. The molecule has 0 N–H and O–H groups in total. The van der Waals surface area contributed by atoms with Gasteiger partial charge in [0.25, 0.3) is 0 Å². The molecule has 3 rings (SSSR count). The van der Waals surface area contributed by atoms with Gasteiger partial charge in [-0.25, -0.2) is 8.42 Å². The van der Waals surface area contributed by atoms with Crippen LogP contribution >= 0.6 is 0 Å². The number of hydrogen-bond donors (Lipinski definition) is 0. The van der Waals surface area contributed by atoms with Gasteiger partial charge in [-0.05, 0) is 32.3 Å². The molecule has 0 radical (unpaired) electrons.